The van der Waals surface area contributed by atoms with Crippen molar-refractivity contribution in [2.24, 2.45) is 11.1 Å². The van der Waals surface area contributed by atoms with Crippen LogP contribution in [0, 0.1) is 5.41 Å². The van der Waals surface area contributed by atoms with Crippen LogP contribution in [-0.4, -0.2) is 24.7 Å². The van der Waals surface area contributed by atoms with Crippen LogP contribution < -0.4 is 11.2 Å². The average molecular weight is 288 g/mol. The number of carbonyl (C=O) groups is 2. The molecule has 0 aliphatic heterocycles. The fraction of sp³-hybridized carbons (Fsp3) is 0.857. The Balaban J connectivity index is 4.14. The zero-order valence-electron chi connectivity index (χ0n) is 13.0. The van der Waals surface area contributed by atoms with Crippen molar-refractivity contribution >= 4 is 11.9 Å². The van der Waals surface area contributed by atoms with Crippen LogP contribution in [0.25, 0.3) is 0 Å². The minimum Gasteiger partial charge on any atom is -0.447 e. The summed E-state index contributed by atoms with van der Waals surface area (Å²) in [6.45, 7) is 7.89. The average Bonchev–Trinajstić information content (AvgIpc) is 2.33. The number of hydrogen-bond donors (Lipinski definition) is 2. The Labute approximate surface area is 121 Å². The number of ether oxygens (including phenoxy) is 1. The van der Waals surface area contributed by atoms with Gasteiger partial charge < -0.3 is 9.57 Å². The first-order valence-electron chi connectivity index (χ1n) is 7.22. The molecule has 0 spiro atoms. The van der Waals surface area contributed by atoms with Gasteiger partial charge in [-0.2, -0.15) is 5.48 Å². The van der Waals surface area contributed by atoms with Gasteiger partial charge in [0.1, 0.15) is 0 Å². The van der Waals surface area contributed by atoms with Crippen molar-refractivity contribution in [1.29, 1.82) is 0 Å². The van der Waals surface area contributed by atoms with E-state index in [0.29, 0.717) is 13.0 Å². The second-order valence-corrected chi connectivity index (χ2v) is 5.52. The van der Waals surface area contributed by atoms with Gasteiger partial charge in [0, 0.05) is 6.54 Å². The van der Waals surface area contributed by atoms with E-state index in [9.17, 15) is 9.59 Å². The molecule has 1 atom stereocenters. The molecule has 0 aliphatic carbocycles. The van der Waals surface area contributed by atoms with E-state index in [0.717, 1.165) is 19.3 Å². The van der Waals surface area contributed by atoms with Crippen LogP contribution in [0.1, 0.15) is 59.8 Å². The molecule has 118 valence electrons. The number of nitrogens with one attached hydrogen (secondary N) is 1. The van der Waals surface area contributed by atoms with Crippen molar-refractivity contribution < 1.29 is 19.2 Å². The topological polar surface area (TPSA) is 90.6 Å². The van der Waals surface area contributed by atoms with Gasteiger partial charge in [-0.15, -0.1) is 0 Å². The van der Waals surface area contributed by atoms with Gasteiger partial charge in [0.05, 0.1) is 11.8 Å². The molecule has 0 aliphatic rings. The molecule has 0 fully saturated rings. The Morgan fingerprint density at radius 2 is 1.90 bits per heavy atom. The smallest absolute Gasteiger partial charge is 0.330 e. The van der Waals surface area contributed by atoms with Crippen LogP contribution in [0.4, 0.5) is 0 Å². The molecular weight excluding hydrogens is 260 g/mol. The lowest BCUT2D eigenvalue weighted by Gasteiger charge is -2.22. The maximum Gasteiger partial charge on any atom is 0.330 e. The number of nitrogens with two attached hydrogens (primary N) is 1. The number of hydroxylamine groups is 1. The molecular formula is C14H28N2O4. The predicted molar refractivity (Wildman–Crippen MR) is 76.4 cm³/mol. The molecule has 0 aromatic carbocycles. The number of rotatable bonds is 10. The molecule has 0 rings (SSSR count). The number of unbranched alkanes of at least 4 members (excludes halogenated alkanes) is 1. The third-order valence-electron chi connectivity index (χ3n) is 2.79. The summed E-state index contributed by atoms with van der Waals surface area (Å²) < 4.78 is 5.03. The van der Waals surface area contributed by atoms with Crippen LogP contribution in [0.15, 0.2) is 0 Å². The Kier molecular flexibility index (Phi) is 9.16. The summed E-state index contributed by atoms with van der Waals surface area (Å²) in [4.78, 5) is 28.5. The highest BCUT2D eigenvalue weighted by Crippen LogP contribution is 2.22. The van der Waals surface area contributed by atoms with Gasteiger partial charge in [0.15, 0.2) is 6.23 Å². The zero-order valence-corrected chi connectivity index (χ0v) is 13.0. The van der Waals surface area contributed by atoms with Crippen LogP contribution >= 0.6 is 0 Å². The Morgan fingerprint density at radius 3 is 2.45 bits per heavy atom. The van der Waals surface area contributed by atoms with Crippen molar-refractivity contribution in [3.8, 4) is 0 Å². The lowest BCUT2D eigenvalue weighted by Crippen LogP contribution is -2.36. The van der Waals surface area contributed by atoms with Crippen molar-refractivity contribution in [2.75, 3.05) is 6.54 Å². The Hall–Kier alpha value is -1.14. The summed E-state index contributed by atoms with van der Waals surface area (Å²) in [5.41, 5.74) is 7.28. The van der Waals surface area contributed by atoms with E-state index < -0.39 is 23.6 Å². The van der Waals surface area contributed by atoms with Crippen molar-refractivity contribution in [3.63, 3.8) is 0 Å². The molecule has 6 heteroatoms. The summed E-state index contributed by atoms with van der Waals surface area (Å²) in [5, 5.41) is 0. The summed E-state index contributed by atoms with van der Waals surface area (Å²) in [5.74, 6) is -0.962. The highest BCUT2D eigenvalue weighted by Gasteiger charge is 2.33. The van der Waals surface area contributed by atoms with Crippen LogP contribution in [-0.2, 0) is 19.2 Å². The number of esters is 1. The van der Waals surface area contributed by atoms with Gasteiger partial charge in [-0.05, 0) is 26.7 Å². The monoisotopic (exact) mass is 288 g/mol. The van der Waals surface area contributed by atoms with E-state index in [4.69, 9.17) is 15.3 Å². The highest BCUT2D eigenvalue weighted by molar-refractivity contribution is 5.82. The fourth-order valence-corrected chi connectivity index (χ4v) is 1.49. The molecule has 1 unspecified atom stereocenters. The number of hydrogen-bond acceptors (Lipinski definition) is 6. The first-order valence-corrected chi connectivity index (χ1v) is 7.22. The van der Waals surface area contributed by atoms with E-state index in [-0.39, 0.29) is 6.42 Å². The molecule has 20 heavy (non-hydrogen) atoms. The second-order valence-electron chi connectivity index (χ2n) is 5.52. The predicted octanol–water partition coefficient (Wildman–Crippen LogP) is 1.88. The summed E-state index contributed by atoms with van der Waals surface area (Å²) in [7, 11) is 0. The van der Waals surface area contributed by atoms with Gasteiger partial charge in [0.25, 0.3) is 0 Å². The van der Waals surface area contributed by atoms with E-state index >= 15 is 0 Å². The minimum absolute atomic E-state index is 0.0568. The molecule has 6 nitrogen and oxygen atoms in total. The fourth-order valence-electron chi connectivity index (χ4n) is 1.49. The maximum absolute atomic E-state index is 11.9. The lowest BCUT2D eigenvalue weighted by atomic mass is 9.90. The van der Waals surface area contributed by atoms with Crippen molar-refractivity contribution in [1.82, 2.24) is 5.48 Å². The van der Waals surface area contributed by atoms with Crippen LogP contribution in [0.2, 0.25) is 0 Å². The molecule has 3 N–H and O–H groups in total. The third-order valence-corrected chi connectivity index (χ3v) is 2.79. The molecule has 0 radical (unpaired) electrons. The first-order chi connectivity index (χ1) is 9.33. The first kappa shape index (κ1) is 18.9. The van der Waals surface area contributed by atoms with E-state index in [1.54, 1.807) is 13.8 Å². The van der Waals surface area contributed by atoms with Crippen molar-refractivity contribution in [2.45, 2.75) is 66.0 Å². The standard InChI is InChI=1S/C14H28N2O4/c1-5-7-9-16-20-13(18)14(3,4)10-12(17)19-11(15)8-6-2/h11,16H,5-10,15H2,1-4H3. The molecule has 0 aromatic rings. The summed E-state index contributed by atoms with van der Waals surface area (Å²) >= 11 is 0. The summed E-state index contributed by atoms with van der Waals surface area (Å²) in [6.07, 6.45) is 2.70. The zero-order chi connectivity index (χ0) is 15.6. The Morgan fingerprint density at radius 1 is 1.25 bits per heavy atom. The van der Waals surface area contributed by atoms with E-state index in [2.05, 4.69) is 5.48 Å². The SMILES string of the molecule is CCCCNOC(=O)C(C)(C)CC(=O)OC(N)CCC. The normalized spacial score (nSPS) is 12.8. The number of carbonyl (C=O) groups excluding carboxylic acids is 2. The summed E-state index contributed by atoms with van der Waals surface area (Å²) in [6, 6.07) is 0. The quantitative estimate of drug-likeness (QED) is 0.276. The third kappa shape index (κ3) is 8.12. The minimum atomic E-state index is -0.942. The van der Waals surface area contributed by atoms with E-state index in [1.165, 1.54) is 0 Å². The lowest BCUT2D eigenvalue weighted by molar-refractivity contribution is -0.168. The highest BCUT2D eigenvalue weighted by atomic mass is 16.7. The second kappa shape index (κ2) is 9.72. The van der Waals surface area contributed by atoms with E-state index in [1.807, 2.05) is 13.8 Å². The molecule has 0 aromatic heterocycles. The van der Waals surface area contributed by atoms with Gasteiger partial charge in [-0.1, -0.05) is 26.7 Å². The van der Waals surface area contributed by atoms with Crippen LogP contribution in [0.3, 0.4) is 0 Å². The van der Waals surface area contributed by atoms with Gasteiger partial charge in [-0.3, -0.25) is 10.5 Å². The van der Waals surface area contributed by atoms with Crippen LogP contribution in [0.5, 0.6) is 0 Å². The van der Waals surface area contributed by atoms with Gasteiger partial charge >= 0.3 is 11.9 Å². The molecule has 0 saturated carbocycles. The largest absolute Gasteiger partial charge is 0.447 e. The Bertz CT molecular complexity index is 306. The van der Waals surface area contributed by atoms with Gasteiger partial charge in [0.2, 0.25) is 0 Å². The molecule has 0 saturated heterocycles. The molecule has 0 bridgehead atoms. The van der Waals surface area contributed by atoms with Gasteiger partial charge in [-0.25, -0.2) is 4.79 Å². The van der Waals surface area contributed by atoms with Crippen molar-refractivity contribution in [3.05, 3.63) is 0 Å². The molecule has 0 heterocycles. The maximum atomic E-state index is 11.9. The molecule has 0 amide bonds.